The molecule has 5 aromatic rings. The quantitative estimate of drug-likeness (QED) is 0.313. The monoisotopic (exact) mass is 514 g/mol. The van der Waals surface area contributed by atoms with E-state index in [-0.39, 0.29) is 17.7 Å². The van der Waals surface area contributed by atoms with Crippen molar-refractivity contribution in [1.82, 2.24) is 9.38 Å². The number of imidazole rings is 1. The summed E-state index contributed by atoms with van der Waals surface area (Å²) in [6, 6.07) is 17.5. The summed E-state index contributed by atoms with van der Waals surface area (Å²) in [6.07, 6.45) is 1.76. The second kappa shape index (κ2) is 8.07. The molecule has 0 saturated carbocycles. The maximum Gasteiger partial charge on any atom is 0.274 e. The van der Waals surface area contributed by atoms with E-state index < -0.39 is 5.82 Å². The van der Waals surface area contributed by atoms with Gasteiger partial charge in [0.15, 0.2) is 4.96 Å². The highest BCUT2D eigenvalue weighted by atomic mass is 79.9. The topological polar surface area (TPSA) is 43.6 Å². The molecule has 154 valence electrons. The molecule has 0 radical (unpaired) electrons. The Morgan fingerprint density at radius 1 is 1.16 bits per heavy atom. The number of para-hydroxylation sites is 2. The molecule has 4 nitrogen and oxygen atoms in total. The lowest BCUT2D eigenvalue weighted by molar-refractivity contribution is 0.299. The van der Waals surface area contributed by atoms with Crippen LogP contribution in [0.2, 0.25) is 5.02 Å². The van der Waals surface area contributed by atoms with Crippen LogP contribution in [0.25, 0.3) is 22.1 Å². The summed E-state index contributed by atoms with van der Waals surface area (Å²) in [4.78, 5) is 18.2. The fourth-order valence-electron chi connectivity index (χ4n) is 3.34. The van der Waals surface area contributed by atoms with Crippen LogP contribution in [-0.4, -0.2) is 9.38 Å². The number of hydrogen-bond donors (Lipinski definition) is 0. The fourth-order valence-corrected chi connectivity index (χ4v) is 4.91. The maximum absolute atomic E-state index is 14.1. The average molecular weight is 516 g/mol. The summed E-state index contributed by atoms with van der Waals surface area (Å²) in [5, 5.41) is 0.302. The second-order valence-corrected chi connectivity index (χ2v) is 9.14. The Kier molecular flexibility index (Phi) is 5.25. The zero-order chi connectivity index (χ0) is 21.5. The first-order valence-corrected chi connectivity index (χ1v) is 11.3. The van der Waals surface area contributed by atoms with Gasteiger partial charge in [-0.2, -0.15) is 0 Å². The number of nitrogens with zero attached hydrogens (tertiary/aromatic N) is 2. The number of rotatable bonds is 4. The van der Waals surface area contributed by atoms with E-state index in [4.69, 9.17) is 16.3 Å². The third kappa shape index (κ3) is 3.73. The van der Waals surface area contributed by atoms with E-state index >= 15 is 0 Å². The molecule has 2 aromatic heterocycles. The van der Waals surface area contributed by atoms with Crippen molar-refractivity contribution in [3.63, 3.8) is 0 Å². The number of halogens is 3. The summed E-state index contributed by atoms with van der Waals surface area (Å²) >= 11 is 10.9. The van der Waals surface area contributed by atoms with Gasteiger partial charge in [0.05, 0.1) is 20.6 Å². The van der Waals surface area contributed by atoms with Crippen LogP contribution < -0.4 is 14.8 Å². The van der Waals surface area contributed by atoms with Gasteiger partial charge in [-0.1, -0.05) is 57.1 Å². The van der Waals surface area contributed by atoms with E-state index in [1.807, 2.05) is 36.4 Å². The van der Waals surface area contributed by atoms with Gasteiger partial charge in [-0.15, -0.1) is 0 Å². The molecule has 0 aliphatic rings. The van der Waals surface area contributed by atoms with E-state index in [2.05, 4.69) is 20.9 Å². The highest BCUT2D eigenvalue weighted by Crippen LogP contribution is 2.27. The summed E-state index contributed by atoms with van der Waals surface area (Å²) in [5.41, 5.74) is 2.39. The smallest absolute Gasteiger partial charge is 0.274 e. The molecule has 0 aliphatic heterocycles. The Morgan fingerprint density at radius 3 is 2.84 bits per heavy atom. The standard InChI is InChI=1S/C23H13BrClFN2O2S/c24-14-8-9-20(30-12-15-16(25)4-3-5-17(15)26)13(10-14)11-21-22(29)28-19-7-2-1-6-18(19)27-23(28)31-21/h1-11H,12H2/b21-11-. The molecule has 0 aliphatic carbocycles. The molecule has 0 bridgehead atoms. The van der Waals surface area contributed by atoms with E-state index in [9.17, 15) is 9.18 Å². The molecule has 0 saturated heterocycles. The molecule has 8 heteroatoms. The van der Waals surface area contributed by atoms with Crippen molar-refractivity contribution in [3.05, 3.63) is 102 Å². The number of fused-ring (bicyclic) bond motifs is 3. The number of ether oxygens (including phenoxy) is 1. The normalized spacial score (nSPS) is 12.2. The molecular weight excluding hydrogens is 503 g/mol. The highest BCUT2D eigenvalue weighted by Gasteiger charge is 2.13. The third-order valence-electron chi connectivity index (χ3n) is 4.84. The fraction of sp³-hybridized carbons (Fsp3) is 0.0435. The van der Waals surface area contributed by atoms with Crippen molar-refractivity contribution in [2.75, 3.05) is 0 Å². The zero-order valence-electron chi connectivity index (χ0n) is 15.8. The van der Waals surface area contributed by atoms with Crippen LogP contribution in [0, 0.1) is 5.82 Å². The van der Waals surface area contributed by atoms with Crippen molar-refractivity contribution in [1.29, 1.82) is 0 Å². The van der Waals surface area contributed by atoms with Crippen LogP contribution in [0.3, 0.4) is 0 Å². The minimum atomic E-state index is -0.427. The van der Waals surface area contributed by atoms with Crippen LogP contribution >= 0.6 is 38.9 Å². The lowest BCUT2D eigenvalue weighted by atomic mass is 10.2. The molecule has 0 N–H and O–H groups in total. The molecule has 5 rings (SSSR count). The van der Waals surface area contributed by atoms with E-state index in [0.29, 0.717) is 25.8 Å². The lowest BCUT2D eigenvalue weighted by Crippen LogP contribution is -2.22. The molecule has 3 aromatic carbocycles. The molecule has 2 heterocycles. The first-order chi connectivity index (χ1) is 15.0. The Hall–Kier alpha value is -2.74. The summed E-state index contributed by atoms with van der Waals surface area (Å²) in [6.45, 7) is -0.0311. The summed E-state index contributed by atoms with van der Waals surface area (Å²) < 4.78 is 23.0. The van der Waals surface area contributed by atoms with Crippen molar-refractivity contribution >= 4 is 60.9 Å². The van der Waals surface area contributed by atoms with Crippen molar-refractivity contribution in [2.45, 2.75) is 6.61 Å². The van der Waals surface area contributed by atoms with Crippen molar-refractivity contribution in [3.8, 4) is 5.75 Å². The Labute approximate surface area is 193 Å². The minimum absolute atomic E-state index is 0.0311. The van der Waals surface area contributed by atoms with Crippen molar-refractivity contribution in [2.24, 2.45) is 0 Å². The van der Waals surface area contributed by atoms with Crippen LogP contribution in [0.4, 0.5) is 4.39 Å². The average Bonchev–Trinajstić information content (AvgIpc) is 3.25. The third-order valence-corrected chi connectivity index (χ3v) is 6.65. The van der Waals surface area contributed by atoms with Gasteiger partial charge in [0.25, 0.3) is 5.56 Å². The molecule has 31 heavy (non-hydrogen) atoms. The largest absolute Gasteiger partial charge is 0.488 e. The van der Waals surface area contributed by atoms with Gasteiger partial charge in [0, 0.05) is 15.6 Å². The first-order valence-electron chi connectivity index (χ1n) is 9.28. The molecule has 0 amide bonds. The number of thiazole rings is 1. The van der Waals surface area contributed by atoms with Gasteiger partial charge in [-0.25, -0.2) is 13.8 Å². The van der Waals surface area contributed by atoms with Crippen LogP contribution in [0.5, 0.6) is 5.75 Å². The maximum atomic E-state index is 14.1. The number of hydrogen-bond acceptors (Lipinski definition) is 4. The minimum Gasteiger partial charge on any atom is -0.488 e. The van der Waals surface area contributed by atoms with Gasteiger partial charge in [0.2, 0.25) is 0 Å². The molecule has 0 fully saturated rings. The van der Waals surface area contributed by atoms with E-state index in [1.165, 1.54) is 17.4 Å². The molecule has 0 unspecified atom stereocenters. The first kappa shape index (κ1) is 20.2. The molecule has 0 atom stereocenters. The van der Waals surface area contributed by atoms with Gasteiger partial charge in [0.1, 0.15) is 18.2 Å². The predicted octanol–water partition coefficient (Wildman–Crippen LogP) is 5.59. The second-order valence-electron chi connectivity index (χ2n) is 6.81. The number of benzene rings is 3. The molecular formula is C23H13BrClFN2O2S. The molecule has 0 spiro atoms. The SMILES string of the molecule is O=c1/c(=C/c2cc(Br)ccc2OCc2c(F)cccc2Cl)sc2nc3ccccc3n12. The van der Waals surface area contributed by atoms with Crippen LogP contribution in [0.15, 0.2) is 69.9 Å². The predicted molar refractivity (Wildman–Crippen MR) is 126 cm³/mol. The Balaban J connectivity index is 1.58. The lowest BCUT2D eigenvalue weighted by Gasteiger charge is -2.11. The Morgan fingerprint density at radius 2 is 2.00 bits per heavy atom. The Bertz CT molecular complexity index is 1540. The summed E-state index contributed by atoms with van der Waals surface area (Å²) in [7, 11) is 0. The van der Waals surface area contributed by atoms with E-state index in [0.717, 1.165) is 15.5 Å². The van der Waals surface area contributed by atoms with Crippen LogP contribution in [-0.2, 0) is 6.61 Å². The van der Waals surface area contributed by atoms with Gasteiger partial charge < -0.3 is 4.74 Å². The number of aromatic nitrogens is 2. The summed E-state index contributed by atoms with van der Waals surface area (Å²) in [5.74, 6) is 0.0844. The zero-order valence-corrected chi connectivity index (χ0v) is 19.0. The van der Waals surface area contributed by atoms with Crippen LogP contribution in [0.1, 0.15) is 11.1 Å². The van der Waals surface area contributed by atoms with E-state index in [1.54, 1.807) is 28.7 Å². The van der Waals surface area contributed by atoms with Gasteiger partial charge >= 0.3 is 0 Å². The van der Waals surface area contributed by atoms with Gasteiger partial charge in [-0.3, -0.25) is 4.79 Å². The highest BCUT2D eigenvalue weighted by molar-refractivity contribution is 9.10. The van der Waals surface area contributed by atoms with Gasteiger partial charge in [-0.05, 0) is 48.5 Å². The van der Waals surface area contributed by atoms with Crippen molar-refractivity contribution < 1.29 is 9.13 Å².